The first-order valence-electron chi connectivity index (χ1n) is 6.54. The van der Waals surface area contributed by atoms with Crippen molar-refractivity contribution < 1.29 is 4.39 Å². The number of benzene rings is 2. The number of hydrogen-bond donors (Lipinski definition) is 1. The zero-order valence-electron chi connectivity index (χ0n) is 10.9. The molecule has 1 atom stereocenters. The molecule has 1 unspecified atom stereocenters. The number of halogens is 1. The lowest BCUT2D eigenvalue weighted by Gasteiger charge is -2.25. The molecule has 0 spiro atoms. The Morgan fingerprint density at radius 3 is 2.84 bits per heavy atom. The van der Waals surface area contributed by atoms with Gasteiger partial charge in [-0.05, 0) is 36.6 Å². The van der Waals surface area contributed by atoms with E-state index in [4.69, 9.17) is 5.73 Å². The number of fused-ring (bicyclic) bond motifs is 1. The molecule has 0 amide bonds. The van der Waals surface area contributed by atoms with E-state index in [1.807, 2.05) is 12.1 Å². The fourth-order valence-electron chi connectivity index (χ4n) is 2.77. The van der Waals surface area contributed by atoms with Crippen LogP contribution in [0.2, 0.25) is 0 Å². The molecule has 3 heteroatoms. The fourth-order valence-corrected chi connectivity index (χ4v) is 2.77. The lowest BCUT2D eigenvalue weighted by Crippen LogP contribution is -2.29. The predicted octanol–water partition coefficient (Wildman–Crippen LogP) is 3.36. The number of anilines is 2. The second-order valence-corrected chi connectivity index (χ2v) is 5.12. The minimum atomic E-state index is -0.336. The molecule has 0 bridgehead atoms. The van der Waals surface area contributed by atoms with Crippen molar-refractivity contribution in [2.75, 3.05) is 10.6 Å². The van der Waals surface area contributed by atoms with E-state index >= 15 is 0 Å². The van der Waals surface area contributed by atoms with Gasteiger partial charge in [-0.1, -0.05) is 30.3 Å². The fraction of sp³-hybridized carbons (Fsp3) is 0.250. The molecule has 1 aliphatic heterocycles. The van der Waals surface area contributed by atoms with Crippen molar-refractivity contribution in [1.82, 2.24) is 0 Å². The highest BCUT2D eigenvalue weighted by Crippen LogP contribution is 2.33. The first kappa shape index (κ1) is 12.0. The maximum absolute atomic E-state index is 13.5. The van der Waals surface area contributed by atoms with Crippen LogP contribution in [0.4, 0.5) is 15.8 Å². The molecule has 0 aliphatic carbocycles. The minimum absolute atomic E-state index is 0.263. The Bertz CT molecular complexity index is 609. The maximum Gasteiger partial charge on any atom is 0.146 e. The van der Waals surface area contributed by atoms with Gasteiger partial charge in [0.2, 0.25) is 0 Å². The first-order chi connectivity index (χ1) is 9.16. The van der Waals surface area contributed by atoms with Crippen LogP contribution in [-0.4, -0.2) is 6.04 Å². The van der Waals surface area contributed by atoms with Gasteiger partial charge in [0.05, 0.1) is 5.69 Å². The number of para-hydroxylation sites is 2. The van der Waals surface area contributed by atoms with Gasteiger partial charge < -0.3 is 10.6 Å². The molecule has 2 N–H and O–H groups in total. The van der Waals surface area contributed by atoms with Gasteiger partial charge in [0, 0.05) is 18.3 Å². The van der Waals surface area contributed by atoms with E-state index in [9.17, 15) is 4.39 Å². The average Bonchev–Trinajstić information content (AvgIpc) is 2.72. The van der Waals surface area contributed by atoms with Gasteiger partial charge in [0.1, 0.15) is 5.82 Å². The number of rotatable bonds is 2. The van der Waals surface area contributed by atoms with E-state index in [-0.39, 0.29) is 11.5 Å². The van der Waals surface area contributed by atoms with E-state index in [1.54, 1.807) is 6.07 Å². The summed E-state index contributed by atoms with van der Waals surface area (Å²) in [5.74, 6) is -0.336. The van der Waals surface area contributed by atoms with Crippen molar-refractivity contribution in [3.63, 3.8) is 0 Å². The Kier molecular flexibility index (Phi) is 2.90. The summed E-state index contributed by atoms with van der Waals surface area (Å²) in [6.07, 6.45) is 1.03. The number of nitrogens with two attached hydrogens (primary N) is 1. The smallest absolute Gasteiger partial charge is 0.146 e. The Balaban J connectivity index is 1.93. The zero-order valence-corrected chi connectivity index (χ0v) is 10.9. The second-order valence-electron chi connectivity index (χ2n) is 5.12. The Labute approximate surface area is 112 Å². The summed E-state index contributed by atoms with van der Waals surface area (Å²) in [5.41, 5.74) is 9.52. The summed E-state index contributed by atoms with van der Waals surface area (Å²) in [6, 6.07) is 13.8. The molecule has 2 aromatic carbocycles. The molecule has 98 valence electrons. The van der Waals surface area contributed by atoms with E-state index < -0.39 is 0 Å². The third kappa shape index (κ3) is 2.05. The molecule has 0 saturated heterocycles. The number of nitrogens with zero attached hydrogens (tertiary/aromatic N) is 1. The van der Waals surface area contributed by atoms with E-state index in [0.717, 1.165) is 12.0 Å². The summed E-state index contributed by atoms with van der Waals surface area (Å²) >= 11 is 0. The SMILES string of the molecule is CC1Cc2ccccc2N1Cc1cccc(F)c1N. The largest absolute Gasteiger partial charge is 0.396 e. The van der Waals surface area contributed by atoms with Crippen molar-refractivity contribution in [3.8, 4) is 0 Å². The summed E-state index contributed by atoms with van der Waals surface area (Å²) in [4.78, 5) is 2.29. The molecule has 1 aliphatic rings. The molecule has 2 nitrogen and oxygen atoms in total. The highest BCUT2D eigenvalue weighted by Gasteiger charge is 2.25. The van der Waals surface area contributed by atoms with Crippen LogP contribution < -0.4 is 10.6 Å². The molecule has 0 saturated carbocycles. The Hall–Kier alpha value is -2.03. The maximum atomic E-state index is 13.5. The van der Waals surface area contributed by atoms with Crippen LogP contribution in [0.5, 0.6) is 0 Å². The van der Waals surface area contributed by atoms with Crippen LogP contribution in [-0.2, 0) is 13.0 Å². The van der Waals surface area contributed by atoms with Crippen molar-refractivity contribution in [2.45, 2.75) is 25.9 Å². The monoisotopic (exact) mass is 256 g/mol. The normalized spacial score (nSPS) is 17.6. The van der Waals surface area contributed by atoms with Crippen LogP contribution in [0.15, 0.2) is 42.5 Å². The summed E-state index contributed by atoms with van der Waals surface area (Å²) in [6.45, 7) is 2.84. The Morgan fingerprint density at radius 1 is 1.21 bits per heavy atom. The lowest BCUT2D eigenvalue weighted by atomic mass is 10.1. The molecular formula is C16H17FN2. The molecular weight excluding hydrogens is 239 g/mol. The van der Waals surface area contributed by atoms with E-state index in [1.165, 1.54) is 17.3 Å². The van der Waals surface area contributed by atoms with Crippen LogP contribution in [0, 0.1) is 5.82 Å². The van der Waals surface area contributed by atoms with Gasteiger partial charge in [-0.25, -0.2) is 4.39 Å². The number of hydrogen-bond acceptors (Lipinski definition) is 2. The van der Waals surface area contributed by atoms with Crippen LogP contribution in [0.3, 0.4) is 0 Å². The molecule has 19 heavy (non-hydrogen) atoms. The second kappa shape index (κ2) is 4.57. The molecule has 1 heterocycles. The topological polar surface area (TPSA) is 29.3 Å². The third-order valence-electron chi connectivity index (χ3n) is 3.83. The van der Waals surface area contributed by atoms with Gasteiger partial charge in [0.25, 0.3) is 0 Å². The van der Waals surface area contributed by atoms with E-state index in [0.29, 0.717) is 12.6 Å². The van der Waals surface area contributed by atoms with Crippen molar-refractivity contribution in [3.05, 3.63) is 59.4 Å². The summed E-state index contributed by atoms with van der Waals surface area (Å²) in [5, 5.41) is 0. The summed E-state index contributed by atoms with van der Waals surface area (Å²) in [7, 11) is 0. The van der Waals surface area contributed by atoms with Crippen LogP contribution in [0.1, 0.15) is 18.1 Å². The van der Waals surface area contributed by atoms with Gasteiger partial charge in [-0.2, -0.15) is 0 Å². The molecule has 0 aromatic heterocycles. The van der Waals surface area contributed by atoms with Crippen molar-refractivity contribution >= 4 is 11.4 Å². The quantitative estimate of drug-likeness (QED) is 0.835. The Morgan fingerprint density at radius 2 is 2.00 bits per heavy atom. The molecule has 0 radical (unpaired) electrons. The third-order valence-corrected chi connectivity index (χ3v) is 3.83. The average molecular weight is 256 g/mol. The zero-order chi connectivity index (χ0) is 13.4. The van der Waals surface area contributed by atoms with Crippen molar-refractivity contribution in [2.24, 2.45) is 0 Å². The van der Waals surface area contributed by atoms with Gasteiger partial charge in [0.15, 0.2) is 0 Å². The molecule has 2 aromatic rings. The predicted molar refractivity (Wildman–Crippen MR) is 76.6 cm³/mol. The van der Waals surface area contributed by atoms with Crippen LogP contribution >= 0.6 is 0 Å². The van der Waals surface area contributed by atoms with Crippen LogP contribution in [0.25, 0.3) is 0 Å². The van der Waals surface area contributed by atoms with Crippen molar-refractivity contribution in [1.29, 1.82) is 0 Å². The first-order valence-corrected chi connectivity index (χ1v) is 6.54. The van der Waals surface area contributed by atoms with Gasteiger partial charge in [-0.15, -0.1) is 0 Å². The summed E-state index contributed by atoms with van der Waals surface area (Å²) < 4.78 is 13.5. The highest BCUT2D eigenvalue weighted by atomic mass is 19.1. The standard InChI is InChI=1S/C16H17FN2/c1-11-9-12-5-2-3-8-15(12)19(11)10-13-6-4-7-14(17)16(13)18/h2-8,11H,9-10,18H2,1H3. The lowest BCUT2D eigenvalue weighted by molar-refractivity contribution is 0.626. The highest BCUT2D eigenvalue weighted by molar-refractivity contribution is 5.61. The van der Waals surface area contributed by atoms with E-state index in [2.05, 4.69) is 30.0 Å². The van der Waals surface area contributed by atoms with Gasteiger partial charge in [-0.3, -0.25) is 0 Å². The number of nitrogen functional groups attached to an aromatic ring is 1. The molecule has 3 rings (SSSR count). The molecule has 0 fully saturated rings. The minimum Gasteiger partial charge on any atom is -0.396 e. The van der Waals surface area contributed by atoms with Gasteiger partial charge >= 0.3 is 0 Å².